The minimum Gasteiger partial charge on any atom is -0.478 e. The highest BCUT2D eigenvalue weighted by Gasteiger charge is 2.38. The number of fused-ring (bicyclic) bond motifs is 1. The fourth-order valence-corrected chi connectivity index (χ4v) is 4.19. The molecule has 2 amide bonds. The monoisotopic (exact) mass is 437 g/mol. The highest BCUT2D eigenvalue weighted by molar-refractivity contribution is 6.04. The minimum absolute atomic E-state index is 0.00827. The number of anilines is 1. The van der Waals surface area contributed by atoms with Crippen LogP contribution in [0, 0.1) is 12.8 Å². The van der Waals surface area contributed by atoms with Gasteiger partial charge in [-0.1, -0.05) is 26.0 Å². The van der Waals surface area contributed by atoms with Gasteiger partial charge in [0.2, 0.25) is 5.91 Å². The van der Waals surface area contributed by atoms with Crippen LogP contribution in [0.3, 0.4) is 0 Å². The smallest absolute Gasteiger partial charge is 0.268 e. The Balaban J connectivity index is 1.59. The fourth-order valence-electron chi connectivity index (χ4n) is 4.19. The lowest BCUT2D eigenvalue weighted by Crippen LogP contribution is -2.52. The van der Waals surface area contributed by atoms with Crippen LogP contribution >= 0.6 is 0 Å². The number of aryl methyl sites for hydroxylation is 1. The van der Waals surface area contributed by atoms with Crippen LogP contribution < -0.4 is 9.64 Å². The van der Waals surface area contributed by atoms with Gasteiger partial charge < -0.3 is 14.4 Å². The maximum atomic E-state index is 13.5. The number of ether oxygens (including phenoxy) is 2. The van der Waals surface area contributed by atoms with Crippen LogP contribution in [0.4, 0.5) is 5.69 Å². The first kappa shape index (κ1) is 22.3. The molecule has 0 radical (unpaired) electrons. The summed E-state index contributed by atoms with van der Waals surface area (Å²) >= 11 is 0. The fraction of sp³-hybridized carbons (Fsp3) is 0.480. The molecule has 1 aromatic heterocycles. The van der Waals surface area contributed by atoms with Gasteiger partial charge in [-0.2, -0.15) is 0 Å². The van der Waals surface area contributed by atoms with E-state index >= 15 is 0 Å². The van der Waals surface area contributed by atoms with Crippen LogP contribution in [-0.4, -0.2) is 53.6 Å². The predicted molar refractivity (Wildman–Crippen MR) is 121 cm³/mol. The standard InChI is InChI=1S/C25H31N3O4/c1-17(2)24-25(30)28(21-13-18(3)9-10-22(21)32-24)16-23(29)27(15-20-8-6-12-31-20)14-19-7-4-5-11-26-19/h4-5,7,9-11,13,17,20,24H,6,8,12,14-16H2,1-3H3/t20-,24+/m1/s1. The predicted octanol–water partition coefficient (Wildman–Crippen LogP) is 3.35. The number of pyridine rings is 1. The number of carbonyl (C=O) groups is 2. The van der Waals surface area contributed by atoms with E-state index in [4.69, 9.17) is 9.47 Å². The van der Waals surface area contributed by atoms with Gasteiger partial charge in [0.05, 0.1) is 24.0 Å². The molecule has 0 saturated carbocycles. The van der Waals surface area contributed by atoms with E-state index < -0.39 is 6.10 Å². The van der Waals surface area contributed by atoms with Crippen molar-refractivity contribution in [2.45, 2.75) is 52.4 Å². The molecule has 0 spiro atoms. The zero-order valence-corrected chi connectivity index (χ0v) is 19.0. The lowest BCUT2D eigenvalue weighted by molar-refractivity contribution is -0.135. The molecule has 2 aliphatic rings. The third-order valence-corrected chi connectivity index (χ3v) is 5.95. The number of hydrogen-bond acceptors (Lipinski definition) is 5. The molecule has 1 aromatic carbocycles. The average Bonchev–Trinajstić information content (AvgIpc) is 3.29. The normalized spacial score (nSPS) is 20.2. The summed E-state index contributed by atoms with van der Waals surface area (Å²) in [4.78, 5) is 34.6. The van der Waals surface area contributed by atoms with E-state index in [-0.39, 0.29) is 30.4 Å². The van der Waals surface area contributed by atoms with Crippen molar-refractivity contribution in [3.05, 3.63) is 53.9 Å². The van der Waals surface area contributed by atoms with Crippen molar-refractivity contribution in [3.8, 4) is 5.75 Å². The summed E-state index contributed by atoms with van der Waals surface area (Å²) in [5, 5.41) is 0. The van der Waals surface area contributed by atoms with E-state index in [2.05, 4.69) is 4.98 Å². The molecule has 2 aliphatic heterocycles. The Labute approximate surface area is 189 Å². The summed E-state index contributed by atoms with van der Waals surface area (Å²) < 4.78 is 11.8. The SMILES string of the molecule is Cc1ccc2c(c1)N(CC(=O)N(Cc1ccccn1)C[C@H]1CCCO1)C(=O)[C@H](C(C)C)O2. The second kappa shape index (κ2) is 9.69. The number of carbonyl (C=O) groups excluding carboxylic acids is 2. The second-order valence-electron chi connectivity index (χ2n) is 8.91. The highest BCUT2D eigenvalue weighted by atomic mass is 16.5. The van der Waals surface area contributed by atoms with Crippen molar-refractivity contribution >= 4 is 17.5 Å². The molecule has 0 unspecified atom stereocenters. The summed E-state index contributed by atoms with van der Waals surface area (Å²) in [6.45, 7) is 7.42. The van der Waals surface area contributed by atoms with E-state index in [1.54, 1.807) is 16.0 Å². The maximum Gasteiger partial charge on any atom is 0.268 e. The molecule has 7 nitrogen and oxygen atoms in total. The first-order valence-corrected chi connectivity index (χ1v) is 11.3. The van der Waals surface area contributed by atoms with Crippen molar-refractivity contribution in [3.63, 3.8) is 0 Å². The molecule has 3 heterocycles. The molecule has 4 rings (SSSR count). The highest BCUT2D eigenvalue weighted by Crippen LogP contribution is 2.36. The summed E-state index contributed by atoms with van der Waals surface area (Å²) in [7, 11) is 0. The summed E-state index contributed by atoms with van der Waals surface area (Å²) in [6, 6.07) is 11.4. The second-order valence-corrected chi connectivity index (χ2v) is 8.91. The molecule has 32 heavy (non-hydrogen) atoms. The Morgan fingerprint density at radius 2 is 2.12 bits per heavy atom. The van der Waals surface area contributed by atoms with Crippen molar-refractivity contribution in [2.75, 3.05) is 24.6 Å². The molecular weight excluding hydrogens is 406 g/mol. The van der Waals surface area contributed by atoms with Gasteiger partial charge in [0.25, 0.3) is 5.91 Å². The van der Waals surface area contributed by atoms with Crippen molar-refractivity contribution < 1.29 is 19.1 Å². The summed E-state index contributed by atoms with van der Waals surface area (Å²) in [5.74, 6) is 0.320. The number of hydrogen-bond donors (Lipinski definition) is 0. The van der Waals surface area contributed by atoms with E-state index in [1.165, 1.54) is 0 Å². The minimum atomic E-state index is -0.611. The third kappa shape index (κ3) is 4.93. The largest absolute Gasteiger partial charge is 0.478 e. The summed E-state index contributed by atoms with van der Waals surface area (Å²) in [5.41, 5.74) is 2.46. The quantitative estimate of drug-likeness (QED) is 0.664. The third-order valence-electron chi connectivity index (χ3n) is 5.95. The van der Waals surface area contributed by atoms with Crippen LogP contribution in [0.1, 0.15) is 37.9 Å². The van der Waals surface area contributed by atoms with Crippen LogP contribution in [0.15, 0.2) is 42.6 Å². The number of rotatable bonds is 7. The van der Waals surface area contributed by atoms with Gasteiger partial charge in [0.1, 0.15) is 12.3 Å². The average molecular weight is 438 g/mol. The van der Waals surface area contributed by atoms with Gasteiger partial charge in [0.15, 0.2) is 6.10 Å². The van der Waals surface area contributed by atoms with Crippen LogP contribution in [0.2, 0.25) is 0 Å². The van der Waals surface area contributed by atoms with E-state index in [1.807, 2.05) is 57.2 Å². The van der Waals surface area contributed by atoms with Gasteiger partial charge in [-0.3, -0.25) is 19.5 Å². The molecule has 1 fully saturated rings. The Hall–Kier alpha value is -2.93. The van der Waals surface area contributed by atoms with Gasteiger partial charge >= 0.3 is 0 Å². The van der Waals surface area contributed by atoms with Gasteiger partial charge in [-0.05, 0) is 55.5 Å². The Morgan fingerprint density at radius 3 is 2.81 bits per heavy atom. The Morgan fingerprint density at radius 1 is 1.28 bits per heavy atom. The lowest BCUT2D eigenvalue weighted by atomic mass is 10.0. The zero-order valence-electron chi connectivity index (χ0n) is 19.0. The lowest BCUT2D eigenvalue weighted by Gasteiger charge is -2.37. The molecular formula is C25H31N3O4. The topological polar surface area (TPSA) is 72.0 Å². The molecule has 1 saturated heterocycles. The van der Waals surface area contributed by atoms with Gasteiger partial charge in [-0.25, -0.2) is 0 Å². The molecule has 170 valence electrons. The number of amides is 2. The Kier molecular flexibility index (Phi) is 6.74. The van der Waals surface area contributed by atoms with E-state index in [0.29, 0.717) is 24.5 Å². The van der Waals surface area contributed by atoms with Crippen molar-refractivity contribution in [1.82, 2.24) is 9.88 Å². The first-order valence-electron chi connectivity index (χ1n) is 11.3. The van der Waals surface area contributed by atoms with E-state index in [9.17, 15) is 9.59 Å². The molecule has 7 heteroatoms. The van der Waals surface area contributed by atoms with Crippen molar-refractivity contribution in [2.24, 2.45) is 5.92 Å². The summed E-state index contributed by atoms with van der Waals surface area (Å²) in [6.07, 6.45) is 3.06. The van der Waals surface area contributed by atoms with Crippen molar-refractivity contribution in [1.29, 1.82) is 0 Å². The zero-order chi connectivity index (χ0) is 22.7. The molecule has 0 bridgehead atoms. The number of nitrogens with zero attached hydrogens (tertiary/aromatic N) is 3. The van der Waals surface area contributed by atoms with Crippen LogP contribution in [-0.2, 0) is 20.9 Å². The van der Waals surface area contributed by atoms with Crippen LogP contribution in [0.25, 0.3) is 0 Å². The van der Waals surface area contributed by atoms with E-state index in [0.717, 1.165) is 30.7 Å². The van der Waals surface area contributed by atoms with Crippen LogP contribution in [0.5, 0.6) is 5.75 Å². The van der Waals surface area contributed by atoms with Gasteiger partial charge in [0, 0.05) is 19.3 Å². The molecule has 0 aliphatic carbocycles. The molecule has 2 atom stereocenters. The molecule has 0 N–H and O–H groups in total. The number of benzene rings is 1. The Bertz CT molecular complexity index is 957. The van der Waals surface area contributed by atoms with Gasteiger partial charge in [-0.15, -0.1) is 0 Å². The first-order chi connectivity index (χ1) is 15.4. The molecule has 2 aromatic rings. The number of aromatic nitrogens is 1. The maximum absolute atomic E-state index is 13.5.